The smallest absolute Gasteiger partial charge is 0.105 e. The minimum absolute atomic E-state index is 0.159. The molecular formula is C16H30N2O. The van der Waals surface area contributed by atoms with Gasteiger partial charge in [0.15, 0.2) is 0 Å². The van der Waals surface area contributed by atoms with Gasteiger partial charge in [-0.2, -0.15) is 0 Å². The molecule has 2 unspecified atom stereocenters. The molecule has 0 aliphatic heterocycles. The zero-order valence-corrected chi connectivity index (χ0v) is 13.2. The monoisotopic (exact) mass is 266 g/mol. The summed E-state index contributed by atoms with van der Waals surface area (Å²) < 4.78 is 5.54. The maximum Gasteiger partial charge on any atom is 0.105 e. The van der Waals surface area contributed by atoms with E-state index in [1.165, 1.54) is 0 Å². The Hall–Kier alpha value is -0.800. The third-order valence-electron chi connectivity index (χ3n) is 4.39. The maximum atomic E-state index is 5.54. The second-order valence-electron chi connectivity index (χ2n) is 5.28. The Kier molecular flexibility index (Phi) is 6.59. The highest BCUT2D eigenvalue weighted by molar-refractivity contribution is 5.06. The zero-order valence-electron chi connectivity index (χ0n) is 13.2. The van der Waals surface area contributed by atoms with Crippen molar-refractivity contribution in [2.45, 2.75) is 59.0 Å². The molecule has 1 aromatic rings. The quantitative estimate of drug-likeness (QED) is 0.743. The van der Waals surface area contributed by atoms with Gasteiger partial charge in [-0.25, -0.2) is 0 Å². The van der Waals surface area contributed by atoms with E-state index in [1.54, 1.807) is 6.26 Å². The van der Waals surface area contributed by atoms with Gasteiger partial charge in [-0.3, -0.25) is 4.90 Å². The normalized spacial score (nSPS) is 16.5. The number of nitrogens with zero attached hydrogens (tertiary/aromatic N) is 1. The lowest BCUT2D eigenvalue weighted by atomic mass is 9.84. The second kappa shape index (κ2) is 7.71. The molecule has 0 saturated heterocycles. The van der Waals surface area contributed by atoms with Gasteiger partial charge in [-0.1, -0.05) is 27.7 Å². The van der Waals surface area contributed by atoms with Crippen molar-refractivity contribution in [2.24, 2.45) is 0 Å². The standard InChI is InChI=1S/C16H30N2O/c1-6-16(5,18(8-3)9-4)15(17-7-2)13-14-11-10-12-19-14/h10-12,15,17H,6-9,13H2,1-5H3. The highest BCUT2D eigenvalue weighted by Gasteiger charge is 2.36. The molecular weight excluding hydrogens is 236 g/mol. The molecule has 0 amide bonds. The topological polar surface area (TPSA) is 28.4 Å². The molecule has 1 rings (SSSR count). The van der Waals surface area contributed by atoms with Gasteiger partial charge in [-0.05, 0) is 45.1 Å². The predicted octanol–water partition coefficient (Wildman–Crippen LogP) is 3.31. The Morgan fingerprint density at radius 1 is 1.26 bits per heavy atom. The third kappa shape index (κ3) is 3.83. The fourth-order valence-corrected chi connectivity index (χ4v) is 3.02. The van der Waals surface area contributed by atoms with Crippen LogP contribution in [0.5, 0.6) is 0 Å². The van der Waals surface area contributed by atoms with Crippen LogP contribution in [-0.4, -0.2) is 36.1 Å². The molecule has 0 radical (unpaired) electrons. The van der Waals surface area contributed by atoms with E-state index in [1.807, 2.05) is 6.07 Å². The number of hydrogen-bond donors (Lipinski definition) is 1. The molecule has 110 valence electrons. The Labute approximate surface area is 118 Å². The molecule has 1 aromatic heterocycles. The summed E-state index contributed by atoms with van der Waals surface area (Å²) in [5, 5.41) is 3.66. The Morgan fingerprint density at radius 2 is 1.95 bits per heavy atom. The largest absolute Gasteiger partial charge is 0.469 e. The summed E-state index contributed by atoms with van der Waals surface area (Å²) in [5.41, 5.74) is 0.159. The van der Waals surface area contributed by atoms with Crippen molar-refractivity contribution in [1.29, 1.82) is 0 Å². The third-order valence-corrected chi connectivity index (χ3v) is 4.39. The van der Waals surface area contributed by atoms with Crippen molar-refractivity contribution < 1.29 is 4.42 Å². The van der Waals surface area contributed by atoms with Crippen LogP contribution >= 0.6 is 0 Å². The van der Waals surface area contributed by atoms with E-state index in [4.69, 9.17) is 4.42 Å². The van der Waals surface area contributed by atoms with Gasteiger partial charge >= 0.3 is 0 Å². The van der Waals surface area contributed by atoms with Crippen LogP contribution in [0.2, 0.25) is 0 Å². The van der Waals surface area contributed by atoms with E-state index >= 15 is 0 Å². The van der Waals surface area contributed by atoms with Crippen molar-refractivity contribution in [3.8, 4) is 0 Å². The first-order valence-corrected chi connectivity index (χ1v) is 7.63. The van der Waals surface area contributed by atoms with Crippen LogP contribution in [0.15, 0.2) is 22.8 Å². The van der Waals surface area contributed by atoms with E-state index in [0.717, 1.165) is 38.2 Å². The van der Waals surface area contributed by atoms with Crippen molar-refractivity contribution in [2.75, 3.05) is 19.6 Å². The van der Waals surface area contributed by atoms with Gasteiger partial charge in [0.05, 0.1) is 6.26 Å². The summed E-state index contributed by atoms with van der Waals surface area (Å²) in [7, 11) is 0. The Balaban J connectivity index is 2.92. The minimum atomic E-state index is 0.159. The summed E-state index contributed by atoms with van der Waals surface area (Å²) >= 11 is 0. The Morgan fingerprint density at radius 3 is 2.37 bits per heavy atom. The van der Waals surface area contributed by atoms with E-state index in [2.05, 4.69) is 50.9 Å². The summed E-state index contributed by atoms with van der Waals surface area (Å²) in [6.45, 7) is 14.5. The summed E-state index contributed by atoms with van der Waals surface area (Å²) in [4.78, 5) is 2.56. The summed E-state index contributed by atoms with van der Waals surface area (Å²) in [6.07, 6.45) is 3.84. The Bertz CT molecular complexity index is 333. The molecule has 19 heavy (non-hydrogen) atoms. The van der Waals surface area contributed by atoms with Crippen molar-refractivity contribution in [3.05, 3.63) is 24.2 Å². The minimum Gasteiger partial charge on any atom is -0.469 e. The average Bonchev–Trinajstić information content (AvgIpc) is 2.92. The molecule has 2 atom stereocenters. The first kappa shape index (κ1) is 16.3. The van der Waals surface area contributed by atoms with E-state index in [-0.39, 0.29) is 5.54 Å². The second-order valence-corrected chi connectivity index (χ2v) is 5.28. The molecule has 0 bridgehead atoms. The molecule has 3 nitrogen and oxygen atoms in total. The van der Waals surface area contributed by atoms with Gasteiger partial charge in [-0.15, -0.1) is 0 Å². The SMILES string of the molecule is CCNC(Cc1ccco1)C(C)(CC)N(CC)CC. The fourth-order valence-electron chi connectivity index (χ4n) is 3.02. The summed E-state index contributed by atoms with van der Waals surface area (Å²) in [6, 6.07) is 4.45. The zero-order chi connectivity index (χ0) is 14.3. The van der Waals surface area contributed by atoms with Gasteiger partial charge in [0.1, 0.15) is 5.76 Å². The molecule has 3 heteroatoms. The fraction of sp³-hybridized carbons (Fsp3) is 0.750. The first-order chi connectivity index (χ1) is 9.12. The highest BCUT2D eigenvalue weighted by atomic mass is 16.3. The lowest BCUT2D eigenvalue weighted by molar-refractivity contribution is 0.0687. The molecule has 1 heterocycles. The lowest BCUT2D eigenvalue weighted by Crippen LogP contribution is -2.60. The highest BCUT2D eigenvalue weighted by Crippen LogP contribution is 2.26. The average molecular weight is 266 g/mol. The molecule has 0 fully saturated rings. The summed E-state index contributed by atoms with van der Waals surface area (Å²) in [5.74, 6) is 1.07. The maximum absolute atomic E-state index is 5.54. The van der Waals surface area contributed by atoms with Crippen LogP contribution in [0, 0.1) is 0 Å². The van der Waals surface area contributed by atoms with E-state index in [0.29, 0.717) is 6.04 Å². The number of hydrogen-bond acceptors (Lipinski definition) is 3. The first-order valence-electron chi connectivity index (χ1n) is 7.63. The lowest BCUT2D eigenvalue weighted by Gasteiger charge is -2.46. The van der Waals surface area contributed by atoms with Gasteiger partial charge in [0, 0.05) is 18.0 Å². The van der Waals surface area contributed by atoms with Crippen LogP contribution in [0.1, 0.15) is 46.8 Å². The predicted molar refractivity (Wildman–Crippen MR) is 81.5 cm³/mol. The van der Waals surface area contributed by atoms with Gasteiger partial charge in [0.2, 0.25) is 0 Å². The molecule has 0 aromatic carbocycles. The van der Waals surface area contributed by atoms with Crippen LogP contribution in [0.3, 0.4) is 0 Å². The van der Waals surface area contributed by atoms with Crippen molar-refractivity contribution in [3.63, 3.8) is 0 Å². The molecule has 0 saturated carbocycles. The van der Waals surface area contributed by atoms with Crippen LogP contribution in [0.4, 0.5) is 0 Å². The van der Waals surface area contributed by atoms with Crippen LogP contribution in [-0.2, 0) is 6.42 Å². The van der Waals surface area contributed by atoms with E-state index < -0.39 is 0 Å². The number of furan rings is 1. The van der Waals surface area contributed by atoms with Crippen LogP contribution in [0.25, 0.3) is 0 Å². The molecule has 1 N–H and O–H groups in total. The van der Waals surface area contributed by atoms with Crippen LogP contribution < -0.4 is 5.32 Å². The number of nitrogens with one attached hydrogen (secondary N) is 1. The number of likely N-dealkylation sites (N-methyl/N-ethyl adjacent to an activating group) is 2. The molecule has 0 aliphatic carbocycles. The number of rotatable bonds is 9. The van der Waals surface area contributed by atoms with Crippen molar-refractivity contribution in [1.82, 2.24) is 10.2 Å². The van der Waals surface area contributed by atoms with E-state index in [9.17, 15) is 0 Å². The van der Waals surface area contributed by atoms with Gasteiger partial charge < -0.3 is 9.73 Å². The van der Waals surface area contributed by atoms with Crippen molar-refractivity contribution >= 4 is 0 Å². The molecule has 0 aliphatic rings. The molecule has 0 spiro atoms. The van der Waals surface area contributed by atoms with Gasteiger partial charge in [0.25, 0.3) is 0 Å².